The van der Waals surface area contributed by atoms with Gasteiger partial charge in [0.2, 0.25) is 0 Å². The SMILES string of the molecule is COc1cccc(OC)c1C(=O)Pc1c(OCC(C)C)cc(OCC(C)C)cc1OCC(C)C.[Li]. The summed E-state index contributed by atoms with van der Waals surface area (Å²) in [5, 5.41) is 0.719. The summed E-state index contributed by atoms with van der Waals surface area (Å²) < 4.78 is 29.3. The summed E-state index contributed by atoms with van der Waals surface area (Å²) in [6.45, 7) is 14.1. The largest absolute Gasteiger partial charge is 0.496 e. The van der Waals surface area contributed by atoms with Crippen LogP contribution in [0.5, 0.6) is 28.7 Å². The van der Waals surface area contributed by atoms with Crippen molar-refractivity contribution in [3.05, 3.63) is 35.9 Å². The molecule has 0 fully saturated rings. The second kappa shape index (κ2) is 15.3. The van der Waals surface area contributed by atoms with Crippen LogP contribution >= 0.6 is 8.58 Å². The molecule has 0 spiro atoms. The maximum absolute atomic E-state index is 13.6. The number of benzene rings is 2. The van der Waals surface area contributed by atoms with E-state index in [1.54, 1.807) is 32.4 Å². The van der Waals surface area contributed by atoms with E-state index in [0.717, 1.165) is 5.30 Å². The Labute approximate surface area is 224 Å². The third-order valence-corrected chi connectivity index (χ3v) is 5.88. The van der Waals surface area contributed by atoms with E-state index in [0.29, 0.717) is 71.9 Å². The van der Waals surface area contributed by atoms with E-state index in [-0.39, 0.29) is 33.0 Å². The van der Waals surface area contributed by atoms with Crippen molar-refractivity contribution < 1.29 is 28.5 Å². The van der Waals surface area contributed by atoms with Gasteiger partial charge in [0, 0.05) is 31.0 Å². The molecule has 0 aliphatic heterocycles. The van der Waals surface area contributed by atoms with Crippen LogP contribution in [0.15, 0.2) is 30.3 Å². The molecular formula is C27H39LiO6P. The first-order valence-corrected chi connectivity index (χ1v) is 12.7. The van der Waals surface area contributed by atoms with Gasteiger partial charge in [-0.1, -0.05) is 47.6 Å². The molecule has 1 unspecified atom stereocenters. The fourth-order valence-corrected chi connectivity index (χ4v) is 4.16. The molecule has 35 heavy (non-hydrogen) atoms. The summed E-state index contributed by atoms with van der Waals surface area (Å²) in [4.78, 5) is 13.6. The van der Waals surface area contributed by atoms with Crippen LogP contribution in [0.1, 0.15) is 51.9 Å². The van der Waals surface area contributed by atoms with Crippen LogP contribution in [0.3, 0.4) is 0 Å². The molecule has 189 valence electrons. The number of hydrogen-bond donors (Lipinski definition) is 0. The van der Waals surface area contributed by atoms with Crippen LogP contribution < -0.4 is 29.0 Å². The molecule has 2 rings (SSSR count). The Balaban J connectivity index is 0.00000612. The van der Waals surface area contributed by atoms with E-state index >= 15 is 0 Å². The monoisotopic (exact) mass is 497 g/mol. The van der Waals surface area contributed by atoms with Gasteiger partial charge in [-0.15, -0.1) is 0 Å². The molecular weight excluding hydrogens is 458 g/mol. The first-order valence-electron chi connectivity index (χ1n) is 11.7. The molecule has 2 aromatic rings. The van der Waals surface area contributed by atoms with Gasteiger partial charge in [0.05, 0.1) is 39.3 Å². The van der Waals surface area contributed by atoms with Crippen molar-refractivity contribution in [2.75, 3.05) is 34.0 Å². The normalized spacial score (nSPS) is 11.2. The third kappa shape index (κ3) is 9.60. The number of hydrogen-bond acceptors (Lipinski definition) is 6. The average Bonchev–Trinajstić information content (AvgIpc) is 2.80. The summed E-state index contributed by atoms with van der Waals surface area (Å²) >= 11 is 0. The minimum atomic E-state index is -0.252. The smallest absolute Gasteiger partial charge is 0.193 e. The molecule has 0 heterocycles. The molecule has 8 heteroatoms. The van der Waals surface area contributed by atoms with E-state index in [2.05, 4.69) is 41.5 Å². The molecule has 2 aromatic carbocycles. The molecule has 0 amide bonds. The first kappa shape index (κ1) is 31.2. The van der Waals surface area contributed by atoms with Gasteiger partial charge in [-0.3, -0.25) is 4.79 Å². The summed E-state index contributed by atoms with van der Waals surface area (Å²) in [5.74, 6) is 3.85. The second-order valence-electron chi connectivity index (χ2n) is 9.40. The molecule has 1 atom stereocenters. The fraction of sp³-hybridized carbons (Fsp3) is 0.519. The quantitative estimate of drug-likeness (QED) is 0.251. The molecule has 1 radical (unpaired) electrons. The molecule has 0 aliphatic carbocycles. The van der Waals surface area contributed by atoms with Crippen LogP contribution in [0.4, 0.5) is 0 Å². The molecule has 0 aliphatic rings. The average molecular weight is 498 g/mol. The predicted molar refractivity (Wildman–Crippen MR) is 145 cm³/mol. The minimum absolute atomic E-state index is 0. The maximum atomic E-state index is 13.6. The zero-order chi connectivity index (χ0) is 25.3. The van der Waals surface area contributed by atoms with Crippen LogP contribution in [0.2, 0.25) is 0 Å². The maximum Gasteiger partial charge on any atom is 0.193 e. The van der Waals surface area contributed by atoms with E-state index in [4.69, 9.17) is 23.7 Å². The number of ether oxygens (including phenoxy) is 5. The van der Waals surface area contributed by atoms with Crippen molar-refractivity contribution in [2.45, 2.75) is 41.5 Å². The Morgan fingerprint density at radius 1 is 0.743 bits per heavy atom. The Hall–Kier alpha value is -1.86. The first-order chi connectivity index (χ1) is 16.2. The Morgan fingerprint density at radius 2 is 1.17 bits per heavy atom. The van der Waals surface area contributed by atoms with Crippen molar-refractivity contribution >= 4 is 38.3 Å². The number of carbonyl (C=O) groups excluding carboxylic acids is 1. The molecule has 6 nitrogen and oxygen atoms in total. The van der Waals surface area contributed by atoms with Gasteiger partial charge >= 0.3 is 0 Å². The summed E-state index contributed by atoms with van der Waals surface area (Å²) in [6.07, 6.45) is 0. The van der Waals surface area contributed by atoms with Crippen molar-refractivity contribution in [2.24, 2.45) is 17.8 Å². The molecule has 0 saturated carbocycles. The number of carbonyl (C=O) groups is 1. The van der Waals surface area contributed by atoms with Crippen LogP contribution in [0, 0.1) is 17.8 Å². The Bertz CT molecular complexity index is 890. The summed E-state index contributed by atoms with van der Waals surface area (Å²) in [7, 11) is 2.84. The zero-order valence-electron chi connectivity index (χ0n) is 22.7. The van der Waals surface area contributed by atoms with Gasteiger partial charge in [0.1, 0.15) is 34.3 Å². The zero-order valence-corrected chi connectivity index (χ0v) is 23.7. The molecule has 0 bridgehead atoms. The van der Waals surface area contributed by atoms with Gasteiger partial charge in [-0.25, -0.2) is 0 Å². The van der Waals surface area contributed by atoms with E-state index < -0.39 is 0 Å². The van der Waals surface area contributed by atoms with Crippen molar-refractivity contribution in [1.82, 2.24) is 0 Å². The summed E-state index contributed by atoms with van der Waals surface area (Å²) in [5.41, 5.74) is 0.296. The number of methoxy groups -OCH3 is 2. The molecule has 0 N–H and O–H groups in total. The van der Waals surface area contributed by atoms with Gasteiger partial charge in [0.25, 0.3) is 0 Å². The van der Waals surface area contributed by atoms with Crippen molar-refractivity contribution in [3.63, 3.8) is 0 Å². The fourth-order valence-electron chi connectivity index (χ4n) is 3.03. The standard InChI is InChI=1S/C27H39O6P.Li/c1-17(2)14-31-20-12-23(32-15-18(3)4)26(24(13-20)33-16-19(5)6)34-27(28)25-21(29-7)10-9-11-22(25)30-8;/h9-13,17-19,34H,14-16H2,1-8H3;. The summed E-state index contributed by atoms with van der Waals surface area (Å²) in [6, 6.07) is 9.04. The third-order valence-electron chi connectivity index (χ3n) is 4.66. The molecule has 0 saturated heterocycles. The predicted octanol–water partition coefficient (Wildman–Crippen LogP) is 5.57. The minimum Gasteiger partial charge on any atom is -0.496 e. The van der Waals surface area contributed by atoms with Gasteiger partial charge < -0.3 is 23.7 Å². The van der Waals surface area contributed by atoms with Crippen molar-refractivity contribution in [3.8, 4) is 28.7 Å². The van der Waals surface area contributed by atoms with Crippen LogP contribution in [-0.4, -0.2) is 58.4 Å². The van der Waals surface area contributed by atoms with E-state index in [1.165, 1.54) is 0 Å². The van der Waals surface area contributed by atoms with Gasteiger partial charge in [0.15, 0.2) is 5.52 Å². The van der Waals surface area contributed by atoms with Crippen LogP contribution in [-0.2, 0) is 0 Å². The van der Waals surface area contributed by atoms with Gasteiger partial charge in [-0.2, -0.15) is 0 Å². The Morgan fingerprint density at radius 3 is 1.57 bits per heavy atom. The van der Waals surface area contributed by atoms with E-state index in [1.807, 2.05) is 12.1 Å². The number of rotatable bonds is 14. The van der Waals surface area contributed by atoms with Crippen LogP contribution in [0.25, 0.3) is 0 Å². The second-order valence-corrected chi connectivity index (χ2v) is 10.6. The molecule has 0 aromatic heterocycles. The van der Waals surface area contributed by atoms with Gasteiger partial charge in [-0.05, 0) is 38.5 Å². The van der Waals surface area contributed by atoms with Crippen molar-refractivity contribution in [1.29, 1.82) is 0 Å². The van der Waals surface area contributed by atoms with E-state index in [9.17, 15) is 4.79 Å². The topological polar surface area (TPSA) is 63.2 Å². The Kier molecular flexibility index (Phi) is 13.6.